The summed E-state index contributed by atoms with van der Waals surface area (Å²) in [6, 6.07) is 23.3. The highest BCUT2D eigenvalue weighted by atomic mass is 35.5. The Bertz CT molecular complexity index is 740. The molecule has 0 heterocycles. The van der Waals surface area contributed by atoms with Crippen LogP contribution in [-0.4, -0.2) is 7.11 Å². The van der Waals surface area contributed by atoms with E-state index in [4.69, 9.17) is 27.9 Å². The average Bonchev–Trinajstić information content (AvgIpc) is 2.59. The standard InChI is InChI=1S/C19H15Cl2NO/c1-23-19-4-2-3-18(13-19)22(16-9-5-14(20)6-10-16)17-11-7-15(21)8-12-17/h2-13H,1H3. The largest absolute Gasteiger partial charge is 0.497 e. The highest BCUT2D eigenvalue weighted by Gasteiger charge is 2.13. The Labute approximate surface area is 145 Å². The van der Waals surface area contributed by atoms with Crippen LogP contribution in [-0.2, 0) is 0 Å². The minimum Gasteiger partial charge on any atom is -0.497 e. The molecular formula is C19H15Cl2NO. The molecule has 0 aromatic heterocycles. The van der Waals surface area contributed by atoms with Gasteiger partial charge >= 0.3 is 0 Å². The maximum absolute atomic E-state index is 6.02. The van der Waals surface area contributed by atoms with E-state index in [0.29, 0.717) is 10.0 Å². The zero-order valence-corrected chi connectivity index (χ0v) is 14.1. The van der Waals surface area contributed by atoms with Crippen molar-refractivity contribution in [3.05, 3.63) is 82.8 Å². The molecule has 3 rings (SSSR count). The highest BCUT2D eigenvalue weighted by Crippen LogP contribution is 2.36. The molecule has 0 saturated carbocycles. The summed E-state index contributed by atoms with van der Waals surface area (Å²) in [5, 5.41) is 1.41. The fraction of sp³-hybridized carbons (Fsp3) is 0.0526. The van der Waals surface area contributed by atoms with Crippen molar-refractivity contribution in [1.29, 1.82) is 0 Å². The van der Waals surface area contributed by atoms with E-state index in [0.717, 1.165) is 22.8 Å². The number of nitrogens with zero attached hydrogens (tertiary/aromatic N) is 1. The van der Waals surface area contributed by atoms with Crippen molar-refractivity contribution in [2.45, 2.75) is 0 Å². The van der Waals surface area contributed by atoms with Gasteiger partial charge in [0.1, 0.15) is 5.75 Å². The predicted molar refractivity (Wildman–Crippen MR) is 97.7 cm³/mol. The van der Waals surface area contributed by atoms with E-state index < -0.39 is 0 Å². The minimum absolute atomic E-state index is 0.704. The summed E-state index contributed by atoms with van der Waals surface area (Å²) in [6.45, 7) is 0. The average molecular weight is 344 g/mol. The second kappa shape index (κ2) is 6.95. The monoisotopic (exact) mass is 343 g/mol. The molecule has 3 aromatic carbocycles. The zero-order chi connectivity index (χ0) is 16.2. The lowest BCUT2D eigenvalue weighted by atomic mass is 10.2. The van der Waals surface area contributed by atoms with Crippen molar-refractivity contribution in [3.63, 3.8) is 0 Å². The maximum Gasteiger partial charge on any atom is 0.120 e. The number of ether oxygens (including phenoxy) is 1. The van der Waals surface area contributed by atoms with Gasteiger partial charge in [0.05, 0.1) is 7.11 Å². The van der Waals surface area contributed by atoms with Gasteiger partial charge in [-0.2, -0.15) is 0 Å². The molecule has 0 amide bonds. The second-order valence-electron chi connectivity index (χ2n) is 4.99. The third-order valence-corrected chi connectivity index (χ3v) is 3.99. The Hall–Kier alpha value is -2.16. The third-order valence-electron chi connectivity index (χ3n) is 3.48. The summed E-state index contributed by atoms with van der Waals surface area (Å²) in [5.74, 6) is 0.801. The smallest absolute Gasteiger partial charge is 0.120 e. The Balaban J connectivity index is 2.12. The molecule has 0 spiro atoms. The first-order valence-electron chi connectivity index (χ1n) is 7.13. The van der Waals surface area contributed by atoms with E-state index in [-0.39, 0.29) is 0 Å². The van der Waals surface area contributed by atoms with Crippen LogP contribution in [0.4, 0.5) is 17.1 Å². The molecular weight excluding hydrogens is 329 g/mol. The summed E-state index contributed by atoms with van der Waals surface area (Å²) >= 11 is 12.0. The summed E-state index contributed by atoms with van der Waals surface area (Å²) in [6.07, 6.45) is 0. The van der Waals surface area contributed by atoms with E-state index >= 15 is 0 Å². The fourth-order valence-corrected chi connectivity index (χ4v) is 2.63. The molecule has 23 heavy (non-hydrogen) atoms. The molecule has 0 bridgehead atoms. The van der Waals surface area contributed by atoms with Gasteiger partial charge in [-0.05, 0) is 60.7 Å². The van der Waals surface area contributed by atoms with Crippen molar-refractivity contribution >= 4 is 40.3 Å². The van der Waals surface area contributed by atoms with Crippen LogP contribution in [0.15, 0.2) is 72.8 Å². The molecule has 0 N–H and O–H groups in total. The van der Waals surface area contributed by atoms with Crippen molar-refractivity contribution in [2.24, 2.45) is 0 Å². The molecule has 2 nitrogen and oxygen atoms in total. The Kier molecular flexibility index (Phi) is 4.75. The van der Waals surface area contributed by atoms with Crippen molar-refractivity contribution < 1.29 is 4.74 Å². The molecule has 0 atom stereocenters. The first-order chi connectivity index (χ1) is 11.2. The van der Waals surface area contributed by atoms with Crippen LogP contribution in [0, 0.1) is 0 Å². The van der Waals surface area contributed by atoms with Gasteiger partial charge in [-0.3, -0.25) is 0 Å². The van der Waals surface area contributed by atoms with Crippen LogP contribution in [0.1, 0.15) is 0 Å². The van der Waals surface area contributed by atoms with Crippen LogP contribution >= 0.6 is 23.2 Å². The molecule has 0 unspecified atom stereocenters. The molecule has 0 saturated heterocycles. The second-order valence-corrected chi connectivity index (χ2v) is 5.86. The van der Waals surface area contributed by atoms with Crippen LogP contribution in [0.5, 0.6) is 5.75 Å². The highest BCUT2D eigenvalue weighted by molar-refractivity contribution is 6.31. The number of hydrogen-bond donors (Lipinski definition) is 0. The van der Waals surface area contributed by atoms with Crippen molar-refractivity contribution in [2.75, 3.05) is 12.0 Å². The SMILES string of the molecule is COc1cccc(N(c2ccc(Cl)cc2)c2ccc(Cl)cc2)c1. The summed E-state index contributed by atoms with van der Waals surface area (Å²) in [5.41, 5.74) is 3.00. The fourth-order valence-electron chi connectivity index (χ4n) is 2.38. The molecule has 3 aromatic rings. The van der Waals surface area contributed by atoms with E-state index in [9.17, 15) is 0 Å². The molecule has 0 aliphatic heterocycles. The lowest BCUT2D eigenvalue weighted by molar-refractivity contribution is 0.415. The van der Waals surface area contributed by atoms with E-state index in [1.54, 1.807) is 7.11 Å². The number of halogens is 2. The number of benzene rings is 3. The van der Waals surface area contributed by atoms with Gasteiger partial charge in [0, 0.05) is 33.2 Å². The van der Waals surface area contributed by atoms with Crippen molar-refractivity contribution in [3.8, 4) is 5.75 Å². The number of rotatable bonds is 4. The van der Waals surface area contributed by atoms with Crippen LogP contribution in [0.2, 0.25) is 10.0 Å². The van der Waals surface area contributed by atoms with E-state index in [1.165, 1.54) is 0 Å². The van der Waals surface area contributed by atoms with Gasteiger partial charge < -0.3 is 9.64 Å². The van der Waals surface area contributed by atoms with Crippen LogP contribution < -0.4 is 9.64 Å². The first kappa shape index (κ1) is 15.7. The van der Waals surface area contributed by atoms with E-state index in [1.807, 2.05) is 72.8 Å². The molecule has 0 aliphatic rings. The molecule has 4 heteroatoms. The third kappa shape index (κ3) is 3.61. The molecule has 0 aliphatic carbocycles. The Morgan fingerprint density at radius 2 is 1.22 bits per heavy atom. The number of hydrogen-bond acceptors (Lipinski definition) is 2. The topological polar surface area (TPSA) is 12.5 Å². The van der Waals surface area contributed by atoms with Gasteiger partial charge in [0.2, 0.25) is 0 Å². The van der Waals surface area contributed by atoms with Crippen LogP contribution in [0.25, 0.3) is 0 Å². The zero-order valence-electron chi connectivity index (χ0n) is 12.5. The van der Waals surface area contributed by atoms with Gasteiger partial charge in [0.15, 0.2) is 0 Å². The van der Waals surface area contributed by atoms with Crippen molar-refractivity contribution in [1.82, 2.24) is 0 Å². The summed E-state index contributed by atoms with van der Waals surface area (Å²) in [7, 11) is 1.66. The normalized spacial score (nSPS) is 10.4. The van der Waals surface area contributed by atoms with E-state index in [2.05, 4.69) is 4.90 Å². The maximum atomic E-state index is 6.02. The van der Waals surface area contributed by atoms with Gasteiger partial charge in [-0.15, -0.1) is 0 Å². The minimum atomic E-state index is 0.704. The van der Waals surface area contributed by atoms with Crippen LogP contribution in [0.3, 0.4) is 0 Å². The predicted octanol–water partition coefficient (Wildman–Crippen LogP) is 6.47. The number of methoxy groups -OCH3 is 1. The summed E-state index contributed by atoms with van der Waals surface area (Å²) < 4.78 is 5.35. The Morgan fingerprint density at radius 3 is 1.70 bits per heavy atom. The van der Waals surface area contributed by atoms with Gasteiger partial charge in [0.25, 0.3) is 0 Å². The Morgan fingerprint density at radius 1 is 0.696 bits per heavy atom. The molecule has 0 radical (unpaired) electrons. The quantitative estimate of drug-likeness (QED) is 0.538. The summed E-state index contributed by atoms with van der Waals surface area (Å²) in [4.78, 5) is 2.12. The van der Waals surface area contributed by atoms with Gasteiger partial charge in [-0.25, -0.2) is 0 Å². The van der Waals surface area contributed by atoms with Gasteiger partial charge in [-0.1, -0.05) is 29.3 Å². The lowest BCUT2D eigenvalue weighted by Crippen LogP contribution is -2.09. The number of anilines is 3. The first-order valence-corrected chi connectivity index (χ1v) is 7.88. The molecule has 0 fully saturated rings. The lowest BCUT2D eigenvalue weighted by Gasteiger charge is -2.25. The molecule has 116 valence electrons.